The Balaban J connectivity index is 1.89. The molecule has 2 aromatic carbocycles. The Morgan fingerprint density at radius 1 is 1.14 bits per heavy atom. The SMILES string of the molecule is Cc1ccc(CC(=O)N/N=C\c2ccc(O)cc2)cc1C. The molecule has 0 atom stereocenters. The van der Waals surface area contributed by atoms with E-state index in [9.17, 15) is 4.79 Å². The minimum atomic E-state index is -0.159. The van der Waals surface area contributed by atoms with Gasteiger partial charge in [0.2, 0.25) is 5.91 Å². The highest BCUT2D eigenvalue weighted by Crippen LogP contribution is 2.10. The number of carbonyl (C=O) groups excluding carboxylic acids is 1. The van der Waals surface area contributed by atoms with Gasteiger partial charge in [-0.3, -0.25) is 4.79 Å². The molecular formula is C17H18N2O2. The number of carbonyl (C=O) groups is 1. The van der Waals surface area contributed by atoms with Crippen LogP contribution in [0.2, 0.25) is 0 Å². The Bertz CT molecular complexity index is 661. The summed E-state index contributed by atoms with van der Waals surface area (Å²) in [5, 5.41) is 13.1. The first-order valence-electron chi connectivity index (χ1n) is 6.71. The lowest BCUT2D eigenvalue weighted by molar-refractivity contribution is -0.120. The second-order valence-electron chi connectivity index (χ2n) is 4.98. The van der Waals surface area contributed by atoms with Crippen LogP contribution in [0.4, 0.5) is 0 Å². The molecule has 0 bridgehead atoms. The van der Waals surface area contributed by atoms with E-state index in [1.807, 2.05) is 32.0 Å². The molecule has 0 unspecified atom stereocenters. The molecule has 4 nitrogen and oxygen atoms in total. The highest BCUT2D eigenvalue weighted by Gasteiger charge is 2.03. The number of amides is 1. The fourth-order valence-corrected chi connectivity index (χ4v) is 1.88. The number of hydrogen-bond donors (Lipinski definition) is 2. The average molecular weight is 282 g/mol. The summed E-state index contributed by atoms with van der Waals surface area (Å²) in [6.45, 7) is 4.07. The van der Waals surface area contributed by atoms with Crippen LogP contribution in [0.15, 0.2) is 47.6 Å². The molecule has 0 aromatic heterocycles. The van der Waals surface area contributed by atoms with Crippen molar-refractivity contribution in [3.8, 4) is 5.75 Å². The molecule has 0 radical (unpaired) electrons. The van der Waals surface area contributed by atoms with Crippen LogP contribution in [-0.2, 0) is 11.2 Å². The maximum atomic E-state index is 11.8. The summed E-state index contributed by atoms with van der Waals surface area (Å²) < 4.78 is 0. The molecule has 0 aliphatic rings. The number of phenolic OH excluding ortho intramolecular Hbond substituents is 1. The molecule has 0 heterocycles. The lowest BCUT2D eigenvalue weighted by Gasteiger charge is -2.04. The molecule has 0 saturated heterocycles. The molecule has 4 heteroatoms. The van der Waals surface area contributed by atoms with Crippen molar-refractivity contribution in [1.82, 2.24) is 5.43 Å². The van der Waals surface area contributed by atoms with Crippen LogP contribution in [0.1, 0.15) is 22.3 Å². The number of nitrogens with zero attached hydrogens (tertiary/aromatic N) is 1. The average Bonchev–Trinajstić information content (AvgIpc) is 2.45. The molecule has 0 saturated carbocycles. The fourth-order valence-electron chi connectivity index (χ4n) is 1.88. The first-order chi connectivity index (χ1) is 10.0. The summed E-state index contributed by atoms with van der Waals surface area (Å²) in [5.74, 6) is 0.0409. The molecule has 0 spiro atoms. The normalized spacial score (nSPS) is 10.8. The third kappa shape index (κ3) is 4.45. The zero-order chi connectivity index (χ0) is 15.2. The Morgan fingerprint density at radius 3 is 2.52 bits per heavy atom. The zero-order valence-corrected chi connectivity index (χ0v) is 12.1. The van der Waals surface area contributed by atoms with Gasteiger partial charge in [0.25, 0.3) is 0 Å². The zero-order valence-electron chi connectivity index (χ0n) is 12.1. The molecule has 0 fully saturated rings. The molecule has 2 rings (SSSR count). The second-order valence-corrected chi connectivity index (χ2v) is 4.98. The van der Waals surface area contributed by atoms with Gasteiger partial charge < -0.3 is 5.11 Å². The lowest BCUT2D eigenvalue weighted by atomic mass is 10.0. The van der Waals surface area contributed by atoms with Crippen LogP contribution in [0.3, 0.4) is 0 Å². The smallest absolute Gasteiger partial charge is 0.244 e. The molecule has 0 aliphatic carbocycles. The van der Waals surface area contributed by atoms with Gasteiger partial charge in [0.05, 0.1) is 12.6 Å². The predicted molar refractivity (Wildman–Crippen MR) is 83.5 cm³/mol. The van der Waals surface area contributed by atoms with Crippen molar-refractivity contribution in [1.29, 1.82) is 0 Å². The van der Waals surface area contributed by atoms with Crippen molar-refractivity contribution < 1.29 is 9.90 Å². The Hall–Kier alpha value is -2.62. The van der Waals surface area contributed by atoms with Crippen LogP contribution in [0, 0.1) is 13.8 Å². The number of aryl methyl sites for hydroxylation is 2. The highest BCUT2D eigenvalue weighted by molar-refractivity contribution is 5.83. The summed E-state index contributed by atoms with van der Waals surface area (Å²) in [6, 6.07) is 12.5. The number of hydrazone groups is 1. The lowest BCUT2D eigenvalue weighted by Crippen LogP contribution is -2.19. The Kier molecular flexibility index (Phi) is 4.72. The number of hydrogen-bond acceptors (Lipinski definition) is 3. The van der Waals surface area contributed by atoms with E-state index in [1.54, 1.807) is 24.3 Å². The van der Waals surface area contributed by atoms with Gasteiger partial charge in [0.15, 0.2) is 0 Å². The Morgan fingerprint density at radius 2 is 1.86 bits per heavy atom. The minimum Gasteiger partial charge on any atom is -0.508 e. The monoisotopic (exact) mass is 282 g/mol. The van der Waals surface area contributed by atoms with E-state index in [0.717, 1.165) is 11.1 Å². The quantitative estimate of drug-likeness (QED) is 0.669. The van der Waals surface area contributed by atoms with Crippen molar-refractivity contribution in [3.05, 3.63) is 64.7 Å². The van der Waals surface area contributed by atoms with Gasteiger partial charge in [-0.25, -0.2) is 5.43 Å². The van der Waals surface area contributed by atoms with Gasteiger partial charge in [0, 0.05) is 0 Å². The summed E-state index contributed by atoms with van der Waals surface area (Å²) >= 11 is 0. The first-order valence-corrected chi connectivity index (χ1v) is 6.71. The second kappa shape index (κ2) is 6.70. The predicted octanol–water partition coefficient (Wildman–Crippen LogP) is 2.70. The van der Waals surface area contributed by atoms with E-state index in [1.165, 1.54) is 17.3 Å². The molecule has 108 valence electrons. The van der Waals surface area contributed by atoms with Gasteiger partial charge >= 0.3 is 0 Å². The van der Waals surface area contributed by atoms with Crippen LogP contribution in [0.5, 0.6) is 5.75 Å². The molecule has 1 amide bonds. The van der Waals surface area contributed by atoms with Gasteiger partial charge in [-0.2, -0.15) is 5.10 Å². The maximum Gasteiger partial charge on any atom is 0.244 e. The van der Waals surface area contributed by atoms with E-state index in [2.05, 4.69) is 10.5 Å². The molecular weight excluding hydrogens is 264 g/mol. The number of rotatable bonds is 4. The third-order valence-electron chi connectivity index (χ3n) is 3.23. The number of aromatic hydroxyl groups is 1. The summed E-state index contributed by atoms with van der Waals surface area (Å²) in [4.78, 5) is 11.8. The van der Waals surface area contributed by atoms with Crippen LogP contribution in [-0.4, -0.2) is 17.2 Å². The molecule has 0 aliphatic heterocycles. The first kappa shape index (κ1) is 14.8. The largest absolute Gasteiger partial charge is 0.508 e. The Labute approximate surface area is 124 Å². The van der Waals surface area contributed by atoms with Gasteiger partial charge in [0.1, 0.15) is 5.75 Å². The van der Waals surface area contributed by atoms with Crippen LogP contribution < -0.4 is 5.43 Å². The highest BCUT2D eigenvalue weighted by atomic mass is 16.3. The van der Waals surface area contributed by atoms with E-state index >= 15 is 0 Å². The van der Waals surface area contributed by atoms with Gasteiger partial charge in [-0.1, -0.05) is 18.2 Å². The van der Waals surface area contributed by atoms with Crippen molar-refractivity contribution >= 4 is 12.1 Å². The maximum absolute atomic E-state index is 11.8. The number of nitrogens with one attached hydrogen (secondary N) is 1. The molecule has 2 aromatic rings. The van der Waals surface area contributed by atoms with Crippen molar-refractivity contribution in [3.63, 3.8) is 0 Å². The summed E-state index contributed by atoms with van der Waals surface area (Å²) in [5.41, 5.74) is 6.66. The third-order valence-corrected chi connectivity index (χ3v) is 3.23. The van der Waals surface area contributed by atoms with Crippen molar-refractivity contribution in [2.45, 2.75) is 20.3 Å². The van der Waals surface area contributed by atoms with Crippen molar-refractivity contribution in [2.75, 3.05) is 0 Å². The molecule has 2 N–H and O–H groups in total. The van der Waals surface area contributed by atoms with Gasteiger partial charge in [-0.15, -0.1) is 0 Å². The number of benzene rings is 2. The van der Waals surface area contributed by atoms with Gasteiger partial charge in [-0.05, 0) is 60.4 Å². The number of phenols is 1. The van der Waals surface area contributed by atoms with E-state index in [0.29, 0.717) is 6.42 Å². The summed E-state index contributed by atoms with van der Waals surface area (Å²) in [6.07, 6.45) is 1.84. The van der Waals surface area contributed by atoms with Crippen LogP contribution >= 0.6 is 0 Å². The van der Waals surface area contributed by atoms with E-state index in [-0.39, 0.29) is 11.7 Å². The minimum absolute atomic E-state index is 0.159. The van der Waals surface area contributed by atoms with E-state index < -0.39 is 0 Å². The molecule has 21 heavy (non-hydrogen) atoms. The van der Waals surface area contributed by atoms with E-state index in [4.69, 9.17) is 5.11 Å². The topological polar surface area (TPSA) is 61.7 Å². The van der Waals surface area contributed by atoms with Crippen LogP contribution in [0.25, 0.3) is 0 Å². The summed E-state index contributed by atoms with van der Waals surface area (Å²) in [7, 11) is 0. The standard InChI is InChI=1S/C17H18N2O2/c1-12-3-4-15(9-13(12)2)10-17(21)19-18-11-14-5-7-16(20)8-6-14/h3-9,11,20H,10H2,1-2H3,(H,19,21)/b18-11-. The van der Waals surface area contributed by atoms with Crippen molar-refractivity contribution in [2.24, 2.45) is 5.10 Å². The fraction of sp³-hybridized carbons (Fsp3) is 0.176.